The normalized spacial score (nSPS) is 12.4. The molecule has 7 nitrogen and oxygen atoms in total. The number of aryl methyl sites for hydroxylation is 2. The van der Waals surface area contributed by atoms with Gasteiger partial charge in [0.05, 0.1) is 30.4 Å². The number of carbonyl (C=O) groups is 2. The summed E-state index contributed by atoms with van der Waals surface area (Å²) >= 11 is 0. The number of methoxy groups -OCH3 is 2. The van der Waals surface area contributed by atoms with E-state index in [2.05, 4.69) is 9.13 Å². The van der Waals surface area contributed by atoms with Crippen LogP contribution >= 0.6 is 0 Å². The number of sulfonamides is 1. The molecule has 0 N–H and O–H groups in total. The van der Waals surface area contributed by atoms with Crippen molar-refractivity contribution in [2.24, 2.45) is 4.40 Å². The molecule has 0 aliphatic heterocycles. The van der Waals surface area contributed by atoms with Crippen LogP contribution in [0.4, 0.5) is 0 Å². The van der Waals surface area contributed by atoms with Crippen molar-refractivity contribution in [3.05, 3.63) is 76.9 Å². The maximum Gasteiger partial charge on any atom is 0.340 e. The summed E-state index contributed by atoms with van der Waals surface area (Å²) in [7, 11) is -1.92. The minimum absolute atomic E-state index is 0.0463. The topological polar surface area (TPSA) is 99.1 Å². The Bertz CT molecular complexity index is 1070. The number of hydrogen-bond acceptors (Lipinski definition) is 6. The van der Waals surface area contributed by atoms with Crippen LogP contribution in [0.2, 0.25) is 0 Å². The minimum Gasteiger partial charge on any atom is -0.466 e. The second kappa shape index (κ2) is 9.29. The summed E-state index contributed by atoms with van der Waals surface area (Å²) in [5.41, 5.74) is 1.58. The first-order valence-corrected chi connectivity index (χ1v) is 9.99. The lowest BCUT2D eigenvalue weighted by Gasteiger charge is -2.11. The Balaban J connectivity index is 2.75. The van der Waals surface area contributed by atoms with Crippen LogP contribution in [0.3, 0.4) is 0 Å². The second-order valence-electron chi connectivity index (χ2n) is 6.17. The van der Waals surface area contributed by atoms with Crippen LogP contribution < -0.4 is 0 Å². The van der Waals surface area contributed by atoms with Gasteiger partial charge < -0.3 is 9.47 Å². The molecule has 0 heterocycles. The highest BCUT2D eigenvalue weighted by Crippen LogP contribution is 2.19. The molecular formula is C21H21NO6S. The van der Waals surface area contributed by atoms with Gasteiger partial charge in [0.1, 0.15) is 0 Å². The van der Waals surface area contributed by atoms with Gasteiger partial charge in [0, 0.05) is 11.6 Å². The number of benzene rings is 2. The zero-order valence-corrected chi connectivity index (χ0v) is 17.3. The molecule has 152 valence electrons. The number of hydrogen-bond donors (Lipinski definition) is 0. The molecule has 2 rings (SSSR count). The van der Waals surface area contributed by atoms with Gasteiger partial charge in [-0.3, -0.25) is 0 Å². The average molecular weight is 415 g/mol. The number of carbonyl (C=O) groups excluding carboxylic acids is 2. The van der Waals surface area contributed by atoms with E-state index >= 15 is 0 Å². The van der Waals surface area contributed by atoms with Crippen molar-refractivity contribution in [2.45, 2.75) is 18.7 Å². The van der Waals surface area contributed by atoms with Crippen molar-refractivity contribution in [1.82, 2.24) is 0 Å². The number of esters is 2. The number of ether oxygens (including phenoxy) is 2. The molecule has 0 atom stereocenters. The molecule has 0 aliphatic rings. The van der Waals surface area contributed by atoms with Crippen LogP contribution in [-0.2, 0) is 29.1 Å². The molecule has 0 aromatic heterocycles. The van der Waals surface area contributed by atoms with E-state index < -0.39 is 22.0 Å². The fraction of sp³-hybridized carbons (Fsp3) is 0.190. The van der Waals surface area contributed by atoms with E-state index in [0.717, 1.165) is 31.4 Å². The standard InChI is InChI=1S/C21H21NO6S/c1-14-5-9-16(10-6-14)20(18(21(24)28-4)13-19(23)27-3)22-29(25,26)17-11-7-15(2)8-12-17/h5-13H,1-4H3/b18-13+,22-20+. The van der Waals surface area contributed by atoms with E-state index in [1.54, 1.807) is 36.4 Å². The molecule has 2 aromatic carbocycles. The lowest BCUT2D eigenvalue weighted by molar-refractivity contribution is -0.138. The second-order valence-corrected chi connectivity index (χ2v) is 7.77. The Hall–Kier alpha value is -3.26. The van der Waals surface area contributed by atoms with Gasteiger partial charge in [0.25, 0.3) is 10.0 Å². The maximum atomic E-state index is 12.9. The Kier molecular flexibility index (Phi) is 7.06. The van der Waals surface area contributed by atoms with Crippen LogP contribution in [0.15, 0.2) is 69.5 Å². The molecule has 0 saturated heterocycles. The third-order valence-electron chi connectivity index (χ3n) is 3.98. The highest BCUT2D eigenvalue weighted by atomic mass is 32.2. The quantitative estimate of drug-likeness (QED) is 0.409. The van der Waals surface area contributed by atoms with Crippen LogP contribution in [0, 0.1) is 13.8 Å². The summed E-state index contributed by atoms with van der Waals surface area (Å²) in [6.07, 6.45) is 0.856. The van der Waals surface area contributed by atoms with Gasteiger partial charge in [-0.2, -0.15) is 12.8 Å². The van der Waals surface area contributed by atoms with Crippen molar-refractivity contribution < 1.29 is 27.5 Å². The maximum absolute atomic E-state index is 12.9. The van der Waals surface area contributed by atoms with Gasteiger partial charge in [-0.05, 0) is 26.0 Å². The molecule has 0 aliphatic carbocycles. The third kappa shape index (κ3) is 5.61. The van der Waals surface area contributed by atoms with E-state index in [4.69, 9.17) is 4.74 Å². The molecule has 2 aromatic rings. The average Bonchev–Trinajstić information content (AvgIpc) is 2.70. The third-order valence-corrected chi connectivity index (χ3v) is 5.27. The zero-order valence-electron chi connectivity index (χ0n) is 16.5. The SMILES string of the molecule is COC(=O)/C=C(C(=O)OC)\C(=N\S(=O)(=O)c1ccc(C)cc1)c1ccc(C)cc1. The lowest BCUT2D eigenvalue weighted by atomic mass is 10.0. The van der Waals surface area contributed by atoms with E-state index in [9.17, 15) is 18.0 Å². The van der Waals surface area contributed by atoms with E-state index in [1.165, 1.54) is 12.1 Å². The summed E-state index contributed by atoms with van der Waals surface area (Å²) < 4.78 is 39.0. The molecule has 0 radical (unpaired) electrons. The number of rotatable bonds is 6. The first kappa shape index (κ1) is 22.0. The predicted octanol–water partition coefficient (Wildman–Crippen LogP) is 2.75. The molecule has 29 heavy (non-hydrogen) atoms. The van der Waals surface area contributed by atoms with Gasteiger partial charge in [-0.25, -0.2) is 9.59 Å². The highest BCUT2D eigenvalue weighted by Gasteiger charge is 2.24. The Morgan fingerprint density at radius 1 is 0.862 bits per heavy atom. The smallest absolute Gasteiger partial charge is 0.340 e. The van der Waals surface area contributed by atoms with E-state index in [1.807, 2.05) is 13.8 Å². The summed E-state index contributed by atoms with van der Waals surface area (Å²) in [6, 6.07) is 12.8. The molecule has 0 bridgehead atoms. The monoisotopic (exact) mass is 415 g/mol. The van der Waals surface area contributed by atoms with Gasteiger partial charge in [-0.1, -0.05) is 47.5 Å². The molecule has 0 saturated carbocycles. The first-order chi connectivity index (χ1) is 13.7. The highest BCUT2D eigenvalue weighted by molar-refractivity contribution is 7.90. The Morgan fingerprint density at radius 2 is 1.38 bits per heavy atom. The molecule has 0 spiro atoms. The van der Waals surface area contributed by atoms with Gasteiger partial charge in [0.2, 0.25) is 0 Å². The Morgan fingerprint density at radius 3 is 1.86 bits per heavy atom. The molecule has 0 amide bonds. The zero-order chi connectivity index (χ0) is 21.6. The van der Waals surface area contributed by atoms with Crippen LogP contribution in [0.1, 0.15) is 16.7 Å². The van der Waals surface area contributed by atoms with Crippen molar-refractivity contribution in [2.75, 3.05) is 14.2 Å². The molecule has 8 heteroatoms. The summed E-state index contributed by atoms with van der Waals surface area (Å²) in [4.78, 5) is 24.1. The van der Waals surface area contributed by atoms with Crippen LogP contribution in [0.5, 0.6) is 0 Å². The summed E-state index contributed by atoms with van der Waals surface area (Å²) in [5, 5.41) is 0. The summed E-state index contributed by atoms with van der Waals surface area (Å²) in [6.45, 7) is 3.68. The van der Waals surface area contributed by atoms with Gasteiger partial charge in [0.15, 0.2) is 0 Å². The lowest BCUT2D eigenvalue weighted by Crippen LogP contribution is -2.19. The summed E-state index contributed by atoms with van der Waals surface area (Å²) in [5.74, 6) is -1.77. The minimum atomic E-state index is -4.18. The molecular weight excluding hydrogens is 394 g/mol. The number of nitrogens with zero attached hydrogens (tertiary/aromatic N) is 1. The van der Waals surface area contributed by atoms with Crippen molar-refractivity contribution in [3.8, 4) is 0 Å². The molecule has 0 unspecified atom stereocenters. The van der Waals surface area contributed by atoms with Gasteiger partial charge in [-0.15, -0.1) is 0 Å². The van der Waals surface area contributed by atoms with Crippen LogP contribution in [0.25, 0.3) is 0 Å². The van der Waals surface area contributed by atoms with E-state index in [-0.39, 0.29) is 16.2 Å². The fourth-order valence-electron chi connectivity index (χ4n) is 2.36. The van der Waals surface area contributed by atoms with Gasteiger partial charge >= 0.3 is 11.9 Å². The van der Waals surface area contributed by atoms with Crippen molar-refractivity contribution in [1.29, 1.82) is 0 Å². The predicted molar refractivity (Wildman–Crippen MR) is 108 cm³/mol. The molecule has 0 fully saturated rings. The Labute approximate surface area is 169 Å². The van der Waals surface area contributed by atoms with Crippen molar-refractivity contribution >= 4 is 27.7 Å². The largest absolute Gasteiger partial charge is 0.466 e. The fourth-order valence-corrected chi connectivity index (χ4v) is 3.39. The van der Waals surface area contributed by atoms with Crippen LogP contribution in [-0.4, -0.2) is 40.3 Å². The van der Waals surface area contributed by atoms with Crippen molar-refractivity contribution in [3.63, 3.8) is 0 Å². The first-order valence-electron chi connectivity index (χ1n) is 8.55. The van der Waals surface area contributed by atoms with E-state index in [0.29, 0.717) is 5.56 Å².